The number of carbonyl (C=O) groups is 1. The summed E-state index contributed by atoms with van der Waals surface area (Å²) in [5.74, 6) is 1.25. The van der Waals surface area contributed by atoms with Gasteiger partial charge in [-0.05, 0) is 50.1 Å². The Morgan fingerprint density at radius 3 is 2.65 bits per heavy atom. The number of hydrogen-bond acceptors (Lipinski definition) is 4. The zero-order chi connectivity index (χ0) is 21.8. The lowest BCUT2D eigenvalue weighted by Gasteiger charge is -2.15. The standard InChI is InChI=1S/C26H25NO4/c1-4-29-25-18(3)26-22(23(16-31-26)19-9-6-5-7-10-19)14-21(25)17(2)13-24(28)27-15-20-11-8-12-30-20/h5-14,16H,4,15H2,1-3H3,(H,27,28)/b17-13+. The monoisotopic (exact) mass is 415 g/mol. The first-order chi connectivity index (χ1) is 15.1. The third kappa shape index (κ3) is 4.26. The van der Waals surface area contributed by atoms with Gasteiger partial charge in [0.15, 0.2) is 0 Å². The minimum Gasteiger partial charge on any atom is -0.493 e. The molecule has 0 bridgehead atoms. The van der Waals surface area contributed by atoms with Gasteiger partial charge in [-0.25, -0.2) is 0 Å². The molecule has 2 heterocycles. The van der Waals surface area contributed by atoms with Crippen LogP contribution in [-0.2, 0) is 11.3 Å². The van der Waals surface area contributed by atoms with Crippen molar-refractivity contribution in [2.45, 2.75) is 27.3 Å². The highest BCUT2D eigenvalue weighted by Gasteiger charge is 2.19. The highest BCUT2D eigenvalue weighted by Crippen LogP contribution is 2.40. The van der Waals surface area contributed by atoms with Crippen LogP contribution in [0.25, 0.3) is 27.7 Å². The first kappa shape index (κ1) is 20.5. The van der Waals surface area contributed by atoms with Gasteiger partial charge in [-0.2, -0.15) is 0 Å². The molecule has 0 radical (unpaired) electrons. The first-order valence-corrected chi connectivity index (χ1v) is 10.3. The number of nitrogens with one attached hydrogen (secondary N) is 1. The highest BCUT2D eigenvalue weighted by molar-refractivity contribution is 6.01. The van der Waals surface area contributed by atoms with Crippen LogP contribution in [0.15, 0.2) is 76.0 Å². The normalized spacial score (nSPS) is 11.6. The summed E-state index contributed by atoms with van der Waals surface area (Å²) >= 11 is 0. The van der Waals surface area contributed by atoms with E-state index >= 15 is 0 Å². The molecule has 4 rings (SSSR count). The van der Waals surface area contributed by atoms with Gasteiger partial charge in [-0.3, -0.25) is 4.79 Å². The average Bonchev–Trinajstić information content (AvgIpc) is 3.44. The largest absolute Gasteiger partial charge is 0.493 e. The molecule has 0 saturated carbocycles. The molecule has 0 aliphatic rings. The van der Waals surface area contributed by atoms with Crippen LogP contribution >= 0.6 is 0 Å². The average molecular weight is 415 g/mol. The molecule has 0 spiro atoms. The SMILES string of the molecule is CCOc1c(/C(C)=C/C(=O)NCc2ccco2)cc2c(-c3ccccc3)coc2c1C. The number of carbonyl (C=O) groups excluding carboxylic acids is 1. The van der Waals surface area contributed by atoms with Gasteiger partial charge in [0.05, 0.1) is 25.7 Å². The molecule has 1 N–H and O–H groups in total. The van der Waals surface area contributed by atoms with E-state index < -0.39 is 0 Å². The first-order valence-electron chi connectivity index (χ1n) is 10.3. The van der Waals surface area contributed by atoms with Crippen LogP contribution in [0, 0.1) is 6.92 Å². The van der Waals surface area contributed by atoms with Crippen LogP contribution in [0.1, 0.15) is 30.7 Å². The number of amides is 1. The fourth-order valence-corrected chi connectivity index (χ4v) is 3.69. The van der Waals surface area contributed by atoms with E-state index in [2.05, 4.69) is 17.4 Å². The van der Waals surface area contributed by atoms with Crippen molar-refractivity contribution in [2.24, 2.45) is 0 Å². The summed E-state index contributed by atoms with van der Waals surface area (Å²) < 4.78 is 17.2. The Balaban J connectivity index is 1.74. The van der Waals surface area contributed by atoms with Gasteiger partial charge in [0.1, 0.15) is 17.1 Å². The molecule has 2 aromatic carbocycles. The number of rotatable bonds is 7. The van der Waals surface area contributed by atoms with Crippen LogP contribution in [0.3, 0.4) is 0 Å². The maximum atomic E-state index is 12.5. The third-order valence-corrected chi connectivity index (χ3v) is 5.21. The topological polar surface area (TPSA) is 64.6 Å². The van der Waals surface area contributed by atoms with E-state index in [1.807, 2.05) is 51.1 Å². The number of fused-ring (bicyclic) bond motifs is 1. The summed E-state index contributed by atoms with van der Waals surface area (Å²) in [6.45, 7) is 6.70. The summed E-state index contributed by atoms with van der Waals surface area (Å²) in [6.07, 6.45) is 4.96. The molecule has 0 unspecified atom stereocenters. The molecule has 0 aliphatic carbocycles. The molecule has 2 aromatic heterocycles. The van der Waals surface area contributed by atoms with Crippen molar-refractivity contribution in [3.05, 3.63) is 84.0 Å². The molecule has 158 valence electrons. The van der Waals surface area contributed by atoms with E-state index in [9.17, 15) is 4.79 Å². The van der Waals surface area contributed by atoms with E-state index in [1.54, 1.807) is 24.7 Å². The lowest BCUT2D eigenvalue weighted by molar-refractivity contribution is -0.116. The molecular weight excluding hydrogens is 390 g/mol. The van der Waals surface area contributed by atoms with E-state index in [0.29, 0.717) is 18.9 Å². The number of benzene rings is 2. The molecule has 1 amide bonds. The maximum absolute atomic E-state index is 12.5. The fourth-order valence-electron chi connectivity index (χ4n) is 3.69. The highest BCUT2D eigenvalue weighted by atomic mass is 16.5. The Morgan fingerprint density at radius 1 is 1.13 bits per heavy atom. The minimum atomic E-state index is -0.190. The second kappa shape index (κ2) is 8.96. The second-order valence-electron chi connectivity index (χ2n) is 7.33. The van der Waals surface area contributed by atoms with Crippen molar-refractivity contribution < 1.29 is 18.4 Å². The lowest BCUT2D eigenvalue weighted by Crippen LogP contribution is -2.20. The van der Waals surface area contributed by atoms with Crippen LogP contribution in [0.4, 0.5) is 0 Å². The molecule has 31 heavy (non-hydrogen) atoms. The zero-order valence-corrected chi connectivity index (χ0v) is 17.9. The van der Waals surface area contributed by atoms with Gasteiger partial charge in [0.2, 0.25) is 5.91 Å². The summed E-state index contributed by atoms with van der Waals surface area (Å²) in [5, 5.41) is 3.84. The Labute approximate surface area is 181 Å². The van der Waals surface area contributed by atoms with E-state index in [0.717, 1.165) is 44.5 Å². The van der Waals surface area contributed by atoms with Gasteiger partial charge < -0.3 is 18.9 Å². The van der Waals surface area contributed by atoms with E-state index in [-0.39, 0.29) is 5.91 Å². The Kier molecular flexibility index (Phi) is 5.94. The minimum absolute atomic E-state index is 0.190. The molecule has 0 fully saturated rings. The predicted octanol–water partition coefficient (Wildman–Crippen LogP) is 6.12. The van der Waals surface area contributed by atoms with E-state index in [4.69, 9.17) is 13.6 Å². The molecule has 5 nitrogen and oxygen atoms in total. The van der Waals surface area contributed by atoms with Crippen molar-refractivity contribution in [2.75, 3.05) is 6.61 Å². The smallest absolute Gasteiger partial charge is 0.244 e. The van der Waals surface area contributed by atoms with Gasteiger partial charge in [0.25, 0.3) is 0 Å². The van der Waals surface area contributed by atoms with Gasteiger partial charge in [-0.15, -0.1) is 0 Å². The maximum Gasteiger partial charge on any atom is 0.244 e. The quantitative estimate of drug-likeness (QED) is 0.369. The van der Waals surface area contributed by atoms with Crippen LogP contribution in [0.5, 0.6) is 5.75 Å². The summed E-state index contributed by atoms with van der Waals surface area (Å²) in [6, 6.07) is 15.8. The van der Waals surface area contributed by atoms with E-state index in [1.165, 1.54) is 0 Å². The molecule has 0 atom stereocenters. The van der Waals surface area contributed by atoms with Crippen LogP contribution in [0.2, 0.25) is 0 Å². The Hall–Kier alpha value is -3.73. The fraction of sp³-hybridized carbons (Fsp3) is 0.192. The number of hydrogen-bond donors (Lipinski definition) is 1. The molecule has 0 saturated heterocycles. The van der Waals surface area contributed by atoms with Crippen molar-refractivity contribution in [3.8, 4) is 16.9 Å². The number of aryl methyl sites for hydroxylation is 1. The molecular formula is C26H25NO4. The lowest BCUT2D eigenvalue weighted by atomic mass is 9.96. The van der Waals surface area contributed by atoms with Crippen molar-refractivity contribution >= 4 is 22.4 Å². The van der Waals surface area contributed by atoms with Crippen LogP contribution < -0.4 is 10.1 Å². The summed E-state index contributed by atoms with van der Waals surface area (Å²) in [4.78, 5) is 12.5. The van der Waals surface area contributed by atoms with Crippen molar-refractivity contribution in [1.29, 1.82) is 0 Å². The summed E-state index contributed by atoms with van der Waals surface area (Å²) in [5.41, 5.74) is 5.48. The Morgan fingerprint density at radius 2 is 1.94 bits per heavy atom. The number of furan rings is 2. The Bertz CT molecular complexity index is 1220. The van der Waals surface area contributed by atoms with Gasteiger partial charge in [-0.1, -0.05) is 30.3 Å². The molecule has 0 aliphatic heterocycles. The molecule has 5 heteroatoms. The third-order valence-electron chi connectivity index (χ3n) is 5.21. The second-order valence-corrected chi connectivity index (χ2v) is 7.33. The van der Waals surface area contributed by atoms with Crippen molar-refractivity contribution in [1.82, 2.24) is 5.32 Å². The molecule has 4 aromatic rings. The number of ether oxygens (including phenoxy) is 1. The zero-order valence-electron chi connectivity index (χ0n) is 17.9. The van der Waals surface area contributed by atoms with Gasteiger partial charge >= 0.3 is 0 Å². The van der Waals surface area contributed by atoms with Crippen LogP contribution in [-0.4, -0.2) is 12.5 Å². The van der Waals surface area contributed by atoms with Crippen molar-refractivity contribution in [3.63, 3.8) is 0 Å². The van der Waals surface area contributed by atoms with Gasteiger partial charge in [0, 0.05) is 28.2 Å². The summed E-state index contributed by atoms with van der Waals surface area (Å²) in [7, 11) is 0. The number of allylic oxidation sites excluding steroid dienone is 1. The predicted molar refractivity (Wildman–Crippen MR) is 122 cm³/mol.